The van der Waals surface area contributed by atoms with Gasteiger partial charge in [-0.15, -0.1) is 0 Å². The summed E-state index contributed by atoms with van der Waals surface area (Å²) in [5.74, 6) is -0.446. The van der Waals surface area contributed by atoms with E-state index in [1.165, 1.54) is 6.07 Å². The van der Waals surface area contributed by atoms with E-state index in [0.717, 1.165) is 11.8 Å². The molecule has 0 bridgehead atoms. The van der Waals surface area contributed by atoms with Gasteiger partial charge in [-0.05, 0) is 12.1 Å². The van der Waals surface area contributed by atoms with Gasteiger partial charge < -0.3 is 14.5 Å². The van der Waals surface area contributed by atoms with Gasteiger partial charge in [-0.1, -0.05) is 36.4 Å². The van der Waals surface area contributed by atoms with Crippen molar-refractivity contribution in [2.75, 3.05) is 0 Å². The van der Waals surface area contributed by atoms with Crippen LogP contribution in [0.3, 0.4) is 0 Å². The molecule has 0 aliphatic rings. The van der Waals surface area contributed by atoms with Gasteiger partial charge in [-0.2, -0.15) is 0 Å². The minimum absolute atomic E-state index is 0.0605. The fraction of sp³-hybridized carbons (Fsp3) is 0.0625. The van der Waals surface area contributed by atoms with E-state index in [1.54, 1.807) is 16.7 Å². The SMILES string of the molecule is O=CCn1c(-c2ccccc2)nc2cccc(C(=O)O)c21. The number of carbonyl (C=O) groups excluding carboxylic acids is 1. The number of aromatic carboxylic acids is 1. The third-order valence-corrected chi connectivity index (χ3v) is 3.29. The summed E-state index contributed by atoms with van der Waals surface area (Å²) < 4.78 is 1.64. The van der Waals surface area contributed by atoms with Crippen LogP contribution in [0.15, 0.2) is 48.5 Å². The molecule has 0 atom stereocenters. The second-order valence-electron chi connectivity index (χ2n) is 4.56. The molecule has 0 saturated heterocycles. The monoisotopic (exact) mass is 280 g/mol. The first-order valence-corrected chi connectivity index (χ1v) is 6.44. The highest BCUT2D eigenvalue weighted by molar-refractivity contribution is 6.02. The van der Waals surface area contributed by atoms with Crippen molar-refractivity contribution in [3.63, 3.8) is 0 Å². The summed E-state index contributed by atoms with van der Waals surface area (Å²) in [6.45, 7) is 0.0605. The molecule has 3 rings (SSSR count). The Kier molecular flexibility index (Phi) is 3.23. The minimum Gasteiger partial charge on any atom is -0.478 e. The smallest absolute Gasteiger partial charge is 0.337 e. The normalized spacial score (nSPS) is 10.7. The molecule has 0 unspecified atom stereocenters. The molecular weight excluding hydrogens is 268 g/mol. The fourth-order valence-corrected chi connectivity index (χ4v) is 2.42. The summed E-state index contributed by atoms with van der Waals surface area (Å²) in [6.07, 6.45) is 0.742. The molecule has 0 radical (unpaired) electrons. The van der Waals surface area contributed by atoms with Gasteiger partial charge in [0, 0.05) is 5.56 Å². The molecule has 1 N–H and O–H groups in total. The molecule has 0 saturated carbocycles. The second-order valence-corrected chi connectivity index (χ2v) is 4.56. The molecule has 1 heterocycles. The van der Waals surface area contributed by atoms with Crippen molar-refractivity contribution in [3.8, 4) is 11.4 Å². The number of carboxylic acid groups (broad SMARTS) is 1. The van der Waals surface area contributed by atoms with Gasteiger partial charge in [-0.3, -0.25) is 0 Å². The maximum absolute atomic E-state index is 11.4. The topological polar surface area (TPSA) is 72.2 Å². The van der Waals surface area contributed by atoms with Crippen LogP contribution in [0, 0.1) is 0 Å². The van der Waals surface area contributed by atoms with Crippen LogP contribution in [-0.2, 0) is 11.3 Å². The van der Waals surface area contributed by atoms with E-state index >= 15 is 0 Å². The van der Waals surface area contributed by atoms with Crippen molar-refractivity contribution in [3.05, 3.63) is 54.1 Å². The Labute approximate surface area is 120 Å². The molecular formula is C16H12N2O3. The fourth-order valence-electron chi connectivity index (χ4n) is 2.42. The van der Waals surface area contributed by atoms with Crippen molar-refractivity contribution in [1.29, 1.82) is 0 Å². The Bertz CT molecular complexity index is 822. The largest absolute Gasteiger partial charge is 0.478 e. The first kappa shape index (κ1) is 13.1. The Hall–Kier alpha value is -2.95. The molecule has 104 valence electrons. The van der Waals surface area contributed by atoms with Crippen molar-refractivity contribution in [2.45, 2.75) is 6.54 Å². The number of carboxylic acids is 1. The molecule has 5 heteroatoms. The predicted octanol–water partition coefficient (Wildman–Crippen LogP) is 2.60. The standard InChI is InChI=1S/C16H12N2O3/c19-10-9-18-14-12(16(20)21)7-4-8-13(14)17-15(18)11-5-2-1-3-6-11/h1-8,10H,9H2,(H,20,21). The van der Waals surface area contributed by atoms with E-state index in [0.29, 0.717) is 16.9 Å². The van der Waals surface area contributed by atoms with E-state index < -0.39 is 5.97 Å². The van der Waals surface area contributed by atoms with E-state index in [-0.39, 0.29) is 12.1 Å². The highest BCUT2D eigenvalue weighted by Crippen LogP contribution is 2.26. The maximum atomic E-state index is 11.4. The summed E-state index contributed by atoms with van der Waals surface area (Å²) in [5, 5.41) is 9.33. The minimum atomic E-state index is -1.03. The van der Waals surface area contributed by atoms with Gasteiger partial charge in [0.15, 0.2) is 0 Å². The van der Waals surface area contributed by atoms with Crippen LogP contribution in [0.1, 0.15) is 10.4 Å². The zero-order chi connectivity index (χ0) is 14.8. The first-order valence-electron chi connectivity index (χ1n) is 6.44. The number of imidazole rings is 1. The maximum Gasteiger partial charge on any atom is 0.337 e. The highest BCUT2D eigenvalue weighted by Gasteiger charge is 2.18. The third kappa shape index (κ3) is 2.18. The van der Waals surface area contributed by atoms with Crippen LogP contribution in [0.5, 0.6) is 0 Å². The molecule has 0 aliphatic carbocycles. The van der Waals surface area contributed by atoms with Crippen LogP contribution in [-0.4, -0.2) is 26.9 Å². The summed E-state index contributed by atoms with van der Waals surface area (Å²) >= 11 is 0. The number of nitrogens with zero attached hydrogens (tertiary/aromatic N) is 2. The highest BCUT2D eigenvalue weighted by atomic mass is 16.4. The summed E-state index contributed by atoms with van der Waals surface area (Å²) in [5.41, 5.74) is 2.02. The lowest BCUT2D eigenvalue weighted by Gasteiger charge is -2.06. The average molecular weight is 280 g/mol. The zero-order valence-corrected chi connectivity index (χ0v) is 11.1. The summed E-state index contributed by atoms with van der Waals surface area (Å²) in [4.78, 5) is 26.9. The third-order valence-electron chi connectivity index (χ3n) is 3.29. The number of benzene rings is 2. The van der Waals surface area contributed by atoms with Crippen molar-refractivity contribution < 1.29 is 14.7 Å². The van der Waals surface area contributed by atoms with Gasteiger partial charge in [-0.25, -0.2) is 9.78 Å². The van der Waals surface area contributed by atoms with Crippen LogP contribution in [0.2, 0.25) is 0 Å². The van der Waals surface area contributed by atoms with Gasteiger partial charge in [0.05, 0.1) is 23.1 Å². The molecule has 5 nitrogen and oxygen atoms in total. The van der Waals surface area contributed by atoms with Crippen molar-refractivity contribution >= 4 is 23.3 Å². The van der Waals surface area contributed by atoms with Crippen LogP contribution in [0.4, 0.5) is 0 Å². The number of aromatic nitrogens is 2. The van der Waals surface area contributed by atoms with Crippen LogP contribution < -0.4 is 0 Å². The Balaban J connectivity index is 2.36. The van der Waals surface area contributed by atoms with Gasteiger partial charge in [0.1, 0.15) is 12.1 Å². The number of hydrogen-bond acceptors (Lipinski definition) is 3. The molecule has 3 aromatic rings. The molecule has 1 aromatic heterocycles. The number of hydrogen-bond donors (Lipinski definition) is 1. The molecule has 0 amide bonds. The Morgan fingerprint density at radius 2 is 1.90 bits per heavy atom. The van der Waals surface area contributed by atoms with E-state index in [9.17, 15) is 14.7 Å². The number of fused-ring (bicyclic) bond motifs is 1. The first-order chi connectivity index (χ1) is 10.2. The molecule has 0 aliphatic heterocycles. The van der Waals surface area contributed by atoms with Crippen LogP contribution in [0.25, 0.3) is 22.4 Å². The zero-order valence-electron chi connectivity index (χ0n) is 11.1. The van der Waals surface area contributed by atoms with Gasteiger partial charge >= 0.3 is 5.97 Å². The number of aldehydes is 1. The van der Waals surface area contributed by atoms with Crippen LogP contribution >= 0.6 is 0 Å². The number of carbonyl (C=O) groups is 2. The van der Waals surface area contributed by atoms with E-state index in [2.05, 4.69) is 4.98 Å². The van der Waals surface area contributed by atoms with Gasteiger partial charge in [0.2, 0.25) is 0 Å². The molecule has 0 spiro atoms. The van der Waals surface area contributed by atoms with Crippen molar-refractivity contribution in [1.82, 2.24) is 9.55 Å². The predicted molar refractivity (Wildman–Crippen MR) is 78.2 cm³/mol. The van der Waals surface area contributed by atoms with E-state index in [4.69, 9.17) is 0 Å². The second kappa shape index (κ2) is 5.20. The van der Waals surface area contributed by atoms with E-state index in [1.807, 2.05) is 30.3 Å². The van der Waals surface area contributed by atoms with Gasteiger partial charge in [0.25, 0.3) is 0 Å². The lowest BCUT2D eigenvalue weighted by molar-refractivity contribution is -0.108. The Morgan fingerprint density at radius 1 is 1.14 bits per heavy atom. The number of para-hydroxylation sites is 1. The molecule has 0 fully saturated rings. The lowest BCUT2D eigenvalue weighted by Crippen LogP contribution is -2.06. The summed E-state index contributed by atoms with van der Waals surface area (Å²) in [7, 11) is 0. The lowest BCUT2D eigenvalue weighted by atomic mass is 10.2. The van der Waals surface area contributed by atoms with Crippen molar-refractivity contribution in [2.24, 2.45) is 0 Å². The molecule has 2 aromatic carbocycles. The number of rotatable bonds is 4. The quantitative estimate of drug-likeness (QED) is 0.746. The molecule has 21 heavy (non-hydrogen) atoms. The summed E-state index contributed by atoms with van der Waals surface area (Å²) in [6, 6.07) is 14.3. The average Bonchev–Trinajstić information content (AvgIpc) is 2.87. The Morgan fingerprint density at radius 3 is 2.57 bits per heavy atom.